The van der Waals surface area contributed by atoms with Crippen LogP contribution in [0.15, 0.2) is 36.4 Å². The molecule has 2 aromatic rings. The van der Waals surface area contributed by atoms with Crippen molar-refractivity contribution in [3.8, 4) is 0 Å². The van der Waals surface area contributed by atoms with Gasteiger partial charge in [0, 0.05) is 5.69 Å². The van der Waals surface area contributed by atoms with E-state index < -0.39 is 23.7 Å². The first-order valence-electron chi connectivity index (χ1n) is 5.77. The summed E-state index contributed by atoms with van der Waals surface area (Å²) in [5.41, 5.74) is -0.622. The summed E-state index contributed by atoms with van der Waals surface area (Å²) in [4.78, 5) is 4.04. The van der Waals surface area contributed by atoms with E-state index in [1.807, 2.05) is 0 Å². The molecule has 106 valence electrons. The highest BCUT2D eigenvalue weighted by Crippen LogP contribution is 2.33. The van der Waals surface area contributed by atoms with Crippen molar-refractivity contribution in [3.05, 3.63) is 64.7 Å². The number of nitrogens with zero attached hydrogens (tertiary/aromatic N) is 1. The molecule has 0 saturated heterocycles. The van der Waals surface area contributed by atoms with Crippen molar-refractivity contribution < 1.29 is 22.7 Å². The van der Waals surface area contributed by atoms with Gasteiger partial charge < -0.3 is 5.11 Å². The Kier molecular flexibility index (Phi) is 3.76. The van der Waals surface area contributed by atoms with Crippen LogP contribution in [0.5, 0.6) is 0 Å². The van der Waals surface area contributed by atoms with Gasteiger partial charge in [0.05, 0.1) is 11.3 Å². The minimum atomic E-state index is -4.81. The smallest absolute Gasteiger partial charge is 0.382 e. The Balaban J connectivity index is 2.43. The minimum absolute atomic E-state index is 0.0585. The van der Waals surface area contributed by atoms with E-state index >= 15 is 0 Å². The Labute approximate surface area is 112 Å². The summed E-state index contributed by atoms with van der Waals surface area (Å²) in [6.07, 6.45) is -6.14. The molecule has 0 fully saturated rings. The summed E-state index contributed by atoms with van der Waals surface area (Å²) in [7, 11) is 0. The summed E-state index contributed by atoms with van der Waals surface area (Å²) >= 11 is 0. The number of aliphatic hydroxyl groups is 1. The molecule has 1 aromatic heterocycles. The molecule has 0 aliphatic heterocycles. The fourth-order valence-electron chi connectivity index (χ4n) is 1.82. The standard InChI is InChI=1S/C14H11F4NO/c1-8-3-2-4-12(19-8)13(20)9-5-6-11(15)10(7-9)14(16,17)18/h2-7,13,20H,1H3. The molecule has 0 saturated carbocycles. The van der Waals surface area contributed by atoms with Gasteiger partial charge in [-0.3, -0.25) is 4.98 Å². The van der Waals surface area contributed by atoms with E-state index in [9.17, 15) is 22.7 Å². The monoisotopic (exact) mass is 285 g/mol. The van der Waals surface area contributed by atoms with Gasteiger partial charge in [0.25, 0.3) is 0 Å². The largest absolute Gasteiger partial charge is 0.419 e. The van der Waals surface area contributed by atoms with Crippen LogP contribution in [0.3, 0.4) is 0 Å². The lowest BCUT2D eigenvalue weighted by Crippen LogP contribution is -2.11. The summed E-state index contributed by atoms with van der Waals surface area (Å²) in [6, 6.07) is 7.23. The number of aryl methyl sites for hydroxylation is 1. The van der Waals surface area contributed by atoms with Gasteiger partial charge in [-0.15, -0.1) is 0 Å². The van der Waals surface area contributed by atoms with Gasteiger partial charge in [-0.1, -0.05) is 12.1 Å². The normalized spacial score (nSPS) is 13.3. The third-order valence-corrected chi connectivity index (χ3v) is 2.80. The van der Waals surface area contributed by atoms with Gasteiger partial charge in [0.15, 0.2) is 0 Å². The molecule has 0 aliphatic carbocycles. The summed E-state index contributed by atoms with van der Waals surface area (Å²) in [5.74, 6) is -1.37. The summed E-state index contributed by atoms with van der Waals surface area (Å²) in [6.45, 7) is 1.70. The number of pyridine rings is 1. The van der Waals surface area contributed by atoms with Gasteiger partial charge in [0.2, 0.25) is 0 Å². The number of rotatable bonds is 2. The van der Waals surface area contributed by atoms with Gasteiger partial charge >= 0.3 is 6.18 Å². The van der Waals surface area contributed by atoms with Crippen LogP contribution in [0, 0.1) is 12.7 Å². The molecule has 1 heterocycles. The van der Waals surface area contributed by atoms with E-state index in [-0.39, 0.29) is 11.3 Å². The highest BCUT2D eigenvalue weighted by atomic mass is 19.4. The number of hydrogen-bond donors (Lipinski definition) is 1. The zero-order chi connectivity index (χ0) is 14.9. The first-order chi connectivity index (χ1) is 9.29. The number of halogens is 4. The van der Waals surface area contributed by atoms with Crippen molar-refractivity contribution in [1.29, 1.82) is 0 Å². The van der Waals surface area contributed by atoms with E-state index in [0.29, 0.717) is 17.8 Å². The van der Waals surface area contributed by atoms with Crippen LogP contribution in [0.2, 0.25) is 0 Å². The average molecular weight is 285 g/mol. The zero-order valence-electron chi connectivity index (χ0n) is 10.4. The molecule has 0 aliphatic rings. The maximum atomic E-state index is 13.2. The van der Waals surface area contributed by atoms with Gasteiger partial charge in [0.1, 0.15) is 11.9 Å². The number of benzene rings is 1. The maximum absolute atomic E-state index is 13.2. The predicted molar refractivity (Wildman–Crippen MR) is 64.4 cm³/mol. The molecule has 1 aromatic carbocycles. The fourth-order valence-corrected chi connectivity index (χ4v) is 1.82. The van der Waals surface area contributed by atoms with Gasteiger partial charge in [-0.2, -0.15) is 13.2 Å². The Bertz CT molecular complexity index is 625. The number of alkyl halides is 3. The number of hydrogen-bond acceptors (Lipinski definition) is 2. The number of aliphatic hydroxyl groups excluding tert-OH is 1. The molecule has 0 spiro atoms. The third kappa shape index (κ3) is 2.96. The maximum Gasteiger partial charge on any atom is 0.419 e. The second kappa shape index (κ2) is 5.20. The second-order valence-corrected chi connectivity index (χ2v) is 4.34. The molecule has 0 radical (unpaired) electrons. The molecular weight excluding hydrogens is 274 g/mol. The van der Waals surface area contributed by atoms with Gasteiger partial charge in [-0.05, 0) is 36.8 Å². The zero-order valence-corrected chi connectivity index (χ0v) is 10.4. The molecule has 20 heavy (non-hydrogen) atoms. The molecule has 2 nitrogen and oxygen atoms in total. The summed E-state index contributed by atoms with van der Waals surface area (Å²) in [5, 5.41) is 10.0. The number of aromatic nitrogens is 1. The molecule has 1 atom stereocenters. The predicted octanol–water partition coefficient (Wildman–Crippen LogP) is 3.63. The van der Waals surface area contributed by atoms with Crippen molar-refractivity contribution in [2.75, 3.05) is 0 Å². The van der Waals surface area contributed by atoms with E-state index in [2.05, 4.69) is 4.98 Å². The highest BCUT2D eigenvalue weighted by Gasteiger charge is 2.34. The molecule has 0 amide bonds. The van der Waals surface area contributed by atoms with Crippen LogP contribution >= 0.6 is 0 Å². The van der Waals surface area contributed by atoms with Crippen LogP contribution in [0.25, 0.3) is 0 Å². The first kappa shape index (κ1) is 14.5. The second-order valence-electron chi connectivity index (χ2n) is 4.34. The van der Waals surface area contributed by atoms with Gasteiger partial charge in [-0.25, -0.2) is 4.39 Å². The third-order valence-electron chi connectivity index (χ3n) is 2.80. The van der Waals surface area contributed by atoms with Crippen molar-refractivity contribution in [2.24, 2.45) is 0 Å². The molecule has 0 bridgehead atoms. The lowest BCUT2D eigenvalue weighted by Gasteiger charge is -2.14. The SMILES string of the molecule is Cc1cccc(C(O)c2ccc(F)c(C(F)(F)F)c2)n1. The minimum Gasteiger partial charge on any atom is -0.382 e. The Morgan fingerprint density at radius 2 is 1.85 bits per heavy atom. The van der Waals surface area contributed by atoms with Crippen LogP contribution in [-0.2, 0) is 6.18 Å². The van der Waals surface area contributed by atoms with E-state index in [4.69, 9.17) is 0 Å². The van der Waals surface area contributed by atoms with Crippen LogP contribution < -0.4 is 0 Å². The van der Waals surface area contributed by atoms with E-state index in [1.54, 1.807) is 19.1 Å². The molecule has 1 N–H and O–H groups in total. The molecule has 2 rings (SSSR count). The van der Waals surface area contributed by atoms with Crippen LogP contribution in [-0.4, -0.2) is 10.1 Å². The van der Waals surface area contributed by atoms with E-state index in [1.165, 1.54) is 6.07 Å². The Morgan fingerprint density at radius 1 is 1.15 bits per heavy atom. The van der Waals surface area contributed by atoms with Crippen molar-refractivity contribution in [1.82, 2.24) is 4.98 Å². The summed E-state index contributed by atoms with van der Waals surface area (Å²) < 4.78 is 51.0. The first-order valence-corrected chi connectivity index (χ1v) is 5.77. The Morgan fingerprint density at radius 3 is 2.45 bits per heavy atom. The lowest BCUT2D eigenvalue weighted by molar-refractivity contribution is -0.140. The average Bonchev–Trinajstić information content (AvgIpc) is 2.37. The van der Waals surface area contributed by atoms with Crippen LogP contribution in [0.1, 0.15) is 28.6 Å². The van der Waals surface area contributed by atoms with Crippen molar-refractivity contribution in [3.63, 3.8) is 0 Å². The quantitative estimate of drug-likeness (QED) is 0.855. The van der Waals surface area contributed by atoms with Crippen molar-refractivity contribution in [2.45, 2.75) is 19.2 Å². The molecule has 6 heteroatoms. The topological polar surface area (TPSA) is 33.1 Å². The lowest BCUT2D eigenvalue weighted by atomic mass is 10.0. The van der Waals surface area contributed by atoms with Crippen LogP contribution in [0.4, 0.5) is 17.6 Å². The van der Waals surface area contributed by atoms with Crippen molar-refractivity contribution >= 4 is 0 Å². The molecular formula is C14H11F4NO. The molecule has 1 unspecified atom stereocenters. The fraction of sp³-hybridized carbons (Fsp3) is 0.214. The highest BCUT2D eigenvalue weighted by molar-refractivity contribution is 5.32. The Hall–Kier alpha value is -1.95. The van der Waals surface area contributed by atoms with E-state index in [0.717, 1.165) is 6.07 Å².